The zero-order chi connectivity index (χ0) is 15.4. The molecule has 2 aromatic rings. The number of amides is 1. The Morgan fingerprint density at radius 1 is 1.52 bits per heavy atom. The minimum atomic E-state index is -0.327. The third-order valence-electron chi connectivity index (χ3n) is 3.00. The van der Waals surface area contributed by atoms with Crippen molar-refractivity contribution in [3.05, 3.63) is 41.2 Å². The topological polar surface area (TPSA) is 79.9 Å². The predicted molar refractivity (Wildman–Crippen MR) is 80.3 cm³/mol. The second-order valence-electron chi connectivity index (χ2n) is 4.43. The molecular formula is C15H18N4O2. The summed E-state index contributed by atoms with van der Waals surface area (Å²) in [6.45, 7) is 4.07. The van der Waals surface area contributed by atoms with Gasteiger partial charge in [0.2, 0.25) is 0 Å². The van der Waals surface area contributed by atoms with Crippen LogP contribution in [0.4, 0.5) is 5.69 Å². The number of carbonyl (C=O) groups is 1. The summed E-state index contributed by atoms with van der Waals surface area (Å²) in [7, 11) is 1.66. The first-order valence-electron chi connectivity index (χ1n) is 6.55. The zero-order valence-corrected chi connectivity index (χ0v) is 12.2. The number of rotatable bonds is 4. The van der Waals surface area contributed by atoms with Crippen LogP contribution in [-0.4, -0.2) is 22.3 Å². The van der Waals surface area contributed by atoms with Crippen LogP contribution in [-0.2, 0) is 7.05 Å². The molecule has 0 unspecified atom stereocenters. The van der Waals surface area contributed by atoms with Crippen LogP contribution in [0.5, 0.6) is 5.75 Å². The largest absolute Gasteiger partial charge is 0.493 e. The van der Waals surface area contributed by atoms with Gasteiger partial charge in [0.25, 0.3) is 5.91 Å². The van der Waals surface area contributed by atoms with E-state index < -0.39 is 0 Å². The molecular weight excluding hydrogens is 268 g/mol. The summed E-state index contributed by atoms with van der Waals surface area (Å²) in [6.07, 6.45) is 0. The molecule has 1 amide bonds. The molecule has 0 aliphatic carbocycles. The van der Waals surface area contributed by atoms with Gasteiger partial charge in [0, 0.05) is 8.47 Å². The molecule has 6 nitrogen and oxygen atoms in total. The molecule has 0 aliphatic heterocycles. The van der Waals surface area contributed by atoms with E-state index in [1.54, 1.807) is 38.2 Å². The first-order chi connectivity index (χ1) is 10.1. The van der Waals surface area contributed by atoms with Crippen molar-refractivity contribution in [3.8, 4) is 11.8 Å². The van der Waals surface area contributed by atoms with Gasteiger partial charge in [0.15, 0.2) is 5.69 Å². The second kappa shape index (κ2) is 6.09. The minimum Gasteiger partial charge on any atom is -0.493 e. The SMILES string of the molecule is CCOc1ccccc1C(=O)Nc1c(C)nn(C)c1C#N.[HH]. The molecule has 0 spiro atoms. The van der Waals surface area contributed by atoms with E-state index in [-0.39, 0.29) is 7.33 Å². The number of anilines is 1. The molecule has 21 heavy (non-hydrogen) atoms. The van der Waals surface area contributed by atoms with E-state index in [0.717, 1.165) is 0 Å². The maximum absolute atomic E-state index is 12.4. The first kappa shape index (κ1) is 14.6. The number of nitrogens with zero attached hydrogens (tertiary/aromatic N) is 3. The maximum atomic E-state index is 12.4. The quantitative estimate of drug-likeness (QED) is 0.936. The van der Waals surface area contributed by atoms with Gasteiger partial charge in [0.05, 0.1) is 17.9 Å². The van der Waals surface area contributed by atoms with E-state index >= 15 is 0 Å². The van der Waals surface area contributed by atoms with Crippen LogP contribution in [0.2, 0.25) is 0 Å². The molecule has 1 N–H and O–H groups in total. The molecule has 0 saturated carbocycles. The summed E-state index contributed by atoms with van der Waals surface area (Å²) in [5.41, 5.74) is 1.76. The maximum Gasteiger partial charge on any atom is 0.259 e. The highest BCUT2D eigenvalue weighted by atomic mass is 16.5. The van der Waals surface area contributed by atoms with Crippen molar-refractivity contribution >= 4 is 11.6 Å². The fourth-order valence-corrected chi connectivity index (χ4v) is 2.05. The summed E-state index contributed by atoms with van der Waals surface area (Å²) in [5.74, 6) is 0.184. The van der Waals surface area contributed by atoms with Gasteiger partial charge in [-0.3, -0.25) is 9.48 Å². The van der Waals surface area contributed by atoms with Crippen LogP contribution < -0.4 is 10.1 Å². The van der Waals surface area contributed by atoms with Gasteiger partial charge in [-0.2, -0.15) is 10.4 Å². The third-order valence-corrected chi connectivity index (χ3v) is 3.00. The molecule has 0 fully saturated rings. The molecule has 1 heterocycles. The van der Waals surface area contributed by atoms with Crippen molar-refractivity contribution in [1.29, 1.82) is 5.26 Å². The summed E-state index contributed by atoms with van der Waals surface area (Å²) in [6, 6.07) is 9.02. The number of carbonyl (C=O) groups excluding carboxylic acids is 1. The smallest absolute Gasteiger partial charge is 0.259 e. The highest BCUT2D eigenvalue weighted by Crippen LogP contribution is 2.23. The van der Waals surface area contributed by atoms with Gasteiger partial charge < -0.3 is 10.1 Å². The Morgan fingerprint density at radius 2 is 2.24 bits per heavy atom. The van der Waals surface area contributed by atoms with Crippen molar-refractivity contribution in [2.75, 3.05) is 11.9 Å². The van der Waals surface area contributed by atoms with Crippen molar-refractivity contribution in [3.63, 3.8) is 0 Å². The molecule has 0 atom stereocenters. The molecule has 1 aromatic carbocycles. The normalized spacial score (nSPS) is 10.0. The number of benzene rings is 1. The van der Waals surface area contributed by atoms with Crippen LogP contribution in [0.1, 0.15) is 30.1 Å². The standard InChI is InChI=1S/C15H16N4O2.H2/c1-4-21-13-8-6-5-7-11(13)15(20)17-14-10(2)18-19(3)12(14)9-16;/h5-8H,4H2,1-3H3,(H,17,20);1H. The number of hydrogen-bond donors (Lipinski definition) is 1. The Balaban J connectivity index is 0.00000242. The molecule has 1 aromatic heterocycles. The third kappa shape index (κ3) is 2.87. The summed E-state index contributed by atoms with van der Waals surface area (Å²) < 4.78 is 6.89. The van der Waals surface area contributed by atoms with Gasteiger partial charge >= 0.3 is 0 Å². The van der Waals surface area contributed by atoms with Gasteiger partial charge in [-0.1, -0.05) is 12.1 Å². The summed E-state index contributed by atoms with van der Waals surface area (Å²) >= 11 is 0. The van der Waals surface area contributed by atoms with E-state index in [1.165, 1.54) is 4.68 Å². The van der Waals surface area contributed by atoms with E-state index in [9.17, 15) is 4.79 Å². The number of aryl methyl sites for hydroxylation is 2. The number of hydrogen-bond acceptors (Lipinski definition) is 4. The number of nitriles is 1. The van der Waals surface area contributed by atoms with Crippen molar-refractivity contribution < 1.29 is 11.0 Å². The average Bonchev–Trinajstić information content (AvgIpc) is 2.73. The summed E-state index contributed by atoms with van der Waals surface area (Å²) in [4.78, 5) is 12.4. The lowest BCUT2D eigenvalue weighted by Gasteiger charge is -2.10. The molecule has 6 heteroatoms. The van der Waals surface area contributed by atoms with E-state index in [2.05, 4.69) is 10.4 Å². The number of para-hydroxylation sites is 1. The Hall–Kier alpha value is -2.81. The van der Waals surface area contributed by atoms with Crippen LogP contribution in [0.15, 0.2) is 24.3 Å². The fourth-order valence-electron chi connectivity index (χ4n) is 2.05. The lowest BCUT2D eigenvalue weighted by Crippen LogP contribution is -2.15. The lowest BCUT2D eigenvalue weighted by molar-refractivity contribution is 0.102. The summed E-state index contributed by atoms with van der Waals surface area (Å²) in [5, 5.41) is 16.0. The van der Waals surface area contributed by atoms with Gasteiger partial charge in [-0.15, -0.1) is 0 Å². The van der Waals surface area contributed by atoms with Crippen LogP contribution in [0, 0.1) is 18.3 Å². The Kier molecular flexibility index (Phi) is 4.24. The van der Waals surface area contributed by atoms with E-state index in [0.29, 0.717) is 35.0 Å². The minimum absolute atomic E-state index is 0. The molecule has 0 aliphatic rings. The number of aromatic nitrogens is 2. The molecule has 0 radical (unpaired) electrons. The monoisotopic (exact) mass is 286 g/mol. The first-order valence-corrected chi connectivity index (χ1v) is 6.55. The van der Waals surface area contributed by atoms with E-state index in [1.807, 2.05) is 13.0 Å². The molecule has 0 bridgehead atoms. The Labute approximate surface area is 124 Å². The lowest BCUT2D eigenvalue weighted by atomic mass is 10.1. The highest BCUT2D eigenvalue weighted by molar-refractivity contribution is 6.07. The molecule has 0 saturated heterocycles. The average molecular weight is 286 g/mol. The van der Waals surface area contributed by atoms with Crippen molar-refractivity contribution in [1.82, 2.24) is 9.78 Å². The fraction of sp³-hybridized carbons (Fsp3) is 0.267. The number of ether oxygens (including phenoxy) is 1. The highest BCUT2D eigenvalue weighted by Gasteiger charge is 2.18. The van der Waals surface area contributed by atoms with E-state index in [4.69, 9.17) is 10.00 Å². The predicted octanol–water partition coefficient (Wildman–Crippen LogP) is 2.50. The zero-order valence-electron chi connectivity index (χ0n) is 12.2. The van der Waals surface area contributed by atoms with Crippen molar-refractivity contribution in [2.24, 2.45) is 7.05 Å². The van der Waals surface area contributed by atoms with Crippen LogP contribution in [0.3, 0.4) is 0 Å². The Bertz CT molecular complexity index is 719. The molecule has 2 rings (SSSR count). The van der Waals surface area contributed by atoms with Crippen molar-refractivity contribution in [2.45, 2.75) is 13.8 Å². The van der Waals surface area contributed by atoms with Crippen LogP contribution in [0.25, 0.3) is 0 Å². The van der Waals surface area contributed by atoms with Gasteiger partial charge in [-0.05, 0) is 26.0 Å². The van der Waals surface area contributed by atoms with Gasteiger partial charge in [0.1, 0.15) is 17.5 Å². The number of nitrogens with one attached hydrogen (secondary N) is 1. The van der Waals surface area contributed by atoms with Gasteiger partial charge in [-0.25, -0.2) is 0 Å². The van der Waals surface area contributed by atoms with Crippen LogP contribution >= 0.6 is 0 Å². The molecule has 110 valence electrons. The Morgan fingerprint density at radius 3 is 2.90 bits per heavy atom. The second-order valence-corrected chi connectivity index (χ2v) is 4.43.